The summed E-state index contributed by atoms with van der Waals surface area (Å²) in [4.78, 5) is 3.86. The second-order valence-corrected chi connectivity index (χ2v) is 2.29. The Bertz CT molecular complexity index is 168. The smallest absolute Gasteiger partial charge is 0.122 e. The van der Waals surface area contributed by atoms with Crippen LogP contribution in [0.2, 0.25) is 0 Å². The van der Waals surface area contributed by atoms with Gasteiger partial charge in [0.05, 0.1) is 0 Å². The summed E-state index contributed by atoms with van der Waals surface area (Å²) in [5, 5.41) is 0.301. The molecule has 0 rings (SSSR count). The van der Waals surface area contributed by atoms with E-state index in [9.17, 15) is 0 Å². The van der Waals surface area contributed by atoms with Crippen molar-refractivity contribution < 1.29 is 0 Å². The summed E-state index contributed by atoms with van der Waals surface area (Å²) >= 11 is 5.39. The van der Waals surface area contributed by atoms with Crippen molar-refractivity contribution in [2.24, 2.45) is 4.99 Å². The highest BCUT2D eigenvalue weighted by molar-refractivity contribution is 6.29. The van der Waals surface area contributed by atoms with Gasteiger partial charge < -0.3 is 0 Å². The molecule has 0 amide bonds. The molecule has 50 valence electrons. The van der Waals surface area contributed by atoms with E-state index in [1.54, 1.807) is 0 Å². The first-order valence-corrected chi connectivity index (χ1v) is 2.97. The minimum absolute atomic E-state index is 0.301. The van der Waals surface area contributed by atoms with Crippen LogP contribution >= 0.6 is 11.6 Å². The van der Waals surface area contributed by atoms with Gasteiger partial charge in [0.15, 0.2) is 0 Å². The van der Waals surface area contributed by atoms with Crippen molar-refractivity contribution in [2.75, 3.05) is 0 Å². The second-order valence-electron chi connectivity index (χ2n) is 1.85. The van der Waals surface area contributed by atoms with Gasteiger partial charge in [0.1, 0.15) is 5.16 Å². The molecule has 0 aromatic rings. The molecule has 0 saturated heterocycles. The maximum atomic E-state index is 5.39. The van der Waals surface area contributed by atoms with Gasteiger partial charge in [-0.15, -0.1) is 0 Å². The topological polar surface area (TPSA) is 12.4 Å². The fourth-order valence-corrected chi connectivity index (χ4v) is 0.404. The largest absolute Gasteiger partial charge is 0.242 e. The number of hydrogen-bond acceptors (Lipinski definition) is 1. The van der Waals surface area contributed by atoms with Gasteiger partial charge in [-0.25, -0.2) is 4.99 Å². The lowest BCUT2D eigenvalue weighted by Gasteiger charge is -1.94. The Morgan fingerprint density at radius 1 is 1.33 bits per heavy atom. The van der Waals surface area contributed by atoms with Gasteiger partial charge in [-0.05, 0) is 19.4 Å². The minimum Gasteiger partial charge on any atom is -0.242 e. The Morgan fingerprint density at radius 2 is 1.78 bits per heavy atom. The van der Waals surface area contributed by atoms with Crippen molar-refractivity contribution >= 4 is 17.3 Å². The number of aliphatic imine (C=N–C) groups is 1. The van der Waals surface area contributed by atoms with E-state index in [0.717, 1.165) is 11.3 Å². The van der Waals surface area contributed by atoms with Crippen molar-refractivity contribution in [3.63, 3.8) is 0 Å². The molecule has 0 radical (unpaired) electrons. The predicted molar refractivity (Wildman–Crippen MR) is 42.9 cm³/mol. The SMILES string of the molecule is C=C(Cl)/N=C(/C)C(=C)C. The fraction of sp³-hybridized carbons (Fsp3) is 0.286. The second kappa shape index (κ2) is 3.46. The molecule has 0 atom stereocenters. The molecule has 0 aliphatic heterocycles. The molecule has 0 N–H and O–H groups in total. The Balaban J connectivity index is 4.17. The highest BCUT2D eigenvalue weighted by Gasteiger charge is 1.89. The molecule has 0 aromatic carbocycles. The van der Waals surface area contributed by atoms with Gasteiger partial charge in [0.25, 0.3) is 0 Å². The maximum Gasteiger partial charge on any atom is 0.122 e. The normalized spacial score (nSPS) is 11.2. The van der Waals surface area contributed by atoms with Crippen molar-refractivity contribution in [1.29, 1.82) is 0 Å². The van der Waals surface area contributed by atoms with E-state index in [4.69, 9.17) is 11.6 Å². The molecule has 0 spiro atoms. The van der Waals surface area contributed by atoms with Crippen LogP contribution in [0.5, 0.6) is 0 Å². The van der Waals surface area contributed by atoms with Gasteiger partial charge in [-0.2, -0.15) is 0 Å². The first-order valence-electron chi connectivity index (χ1n) is 2.59. The molecule has 0 aliphatic rings. The third-order valence-electron chi connectivity index (χ3n) is 0.907. The molecule has 0 fully saturated rings. The van der Waals surface area contributed by atoms with E-state index in [1.165, 1.54) is 0 Å². The zero-order valence-corrected chi connectivity index (χ0v) is 6.50. The fourth-order valence-electron chi connectivity index (χ4n) is 0.277. The molecule has 0 bridgehead atoms. The quantitative estimate of drug-likeness (QED) is 0.417. The molecule has 0 unspecified atom stereocenters. The molecular formula is C7H10ClN. The summed E-state index contributed by atoms with van der Waals surface area (Å²) in [6.45, 7) is 10.8. The summed E-state index contributed by atoms with van der Waals surface area (Å²) in [5.41, 5.74) is 1.74. The Hall–Kier alpha value is -0.560. The summed E-state index contributed by atoms with van der Waals surface area (Å²) in [6, 6.07) is 0. The number of halogens is 1. The molecule has 0 aliphatic carbocycles. The minimum atomic E-state index is 0.301. The van der Waals surface area contributed by atoms with Gasteiger partial charge in [-0.1, -0.05) is 24.8 Å². The monoisotopic (exact) mass is 143 g/mol. The first kappa shape index (κ1) is 8.44. The van der Waals surface area contributed by atoms with Crippen molar-refractivity contribution in [3.05, 3.63) is 23.9 Å². The molecule has 0 heterocycles. The van der Waals surface area contributed by atoms with Crippen LogP contribution in [0.15, 0.2) is 28.9 Å². The lowest BCUT2D eigenvalue weighted by molar-refractivity contribution is 1.45. The number of hydrogen-bond donors (Lipinski definition) is 0. The molecule has 2 heteroatoms. The van der Waals surface area contributed by atoms with Crippen LogP contribution in [0.3, 0.4) is 0 Å². The van der Waals surface area contributed by atoms with Crippen LogP contribution in [0, 0.1) is 0 Å². The van der Waals surface area contributed by atoms with E-state index in [1.807, 2.05) is 13.8 Å². The highest BCUT2D eigenvalue weighted by atomic mass is 35.5. The summed E-state index contributed by atoms with van der Waals surface area (Å²) in [6.07, 6.45) is 0. The molecule has 0 saturated carbocycles. The number of allylic oxidation sites excluding steroid dienone is 1. The van der Waals surface area contributed by atoms with Gasteiger partial charge in [0, 0.05) is 5.71 Å². The predicted octanol–water partition coefficient (Wildman–Crippen LogP) is 2.73. The van der Waals surface area contributed by atoms with Crippen molar-refractivity contribution in [2.45, 2.75) is 13.8 Å². The average molecular weight is 144 g/mol. The van der Waals surface area contributed by atoms with E-state index < -0.39 is 0 Å². The Kier molecular flexibility index (Phi) is 3.25. The molecule has 1 nitrogen and oxygen atoms in total. The summed E-state index contributed by atoms with van der Waals surface area (Å²) < 4.78 is 0. The maximum absolute atomic E-state index is 5.39. The van der Waals surface area contributed by atoms with Crippen molar-refractivity contribution in [1.82, 2.24) is 0 Å². The van der Waals surface area contributed by atoms with Gasteiger partial charge in [-0.3, -0.25) is 0 Å². The van der Waals surface area contributed by atoms with Crippen LogP contribution in [-0.4, -0.2) is 5.71 Å². The van der Waals surface area contributed by atoms with E-state index >= 15 is 0 Å². The van der Waals surface area contributed by atoms with Crippen LogP contribution in [0.25, 0.3) is 0 Å². The zero-order valence-electron chi connectivity index (χ0n) is 5.74. The third-order valence-corrected chi connectivity index (χ3v) is 0.991. The van der Waals surface area contributed by atoms with E-state index in [0.29, 0.717) is 5.16 Å². The van der Waals surface area contributed by atoms with Crippen LogP contribution in [-0.2, 0) is 0 Å². The lowest BCUT2D eigenvalue weighted by Crippen LogP contribution is -1.89. The van der Waals surface area contributed by atoms with Gasteiger partial charge >= 0.3 is 0 Å². The summed E-state index contributed by atoms with van der Waals surface area (Å²) in [7, 11) is 0. The molecular weight excluding hydrogens is 134 g/mol. The molecule has 0 aromatic heterocycles. The van der Waals surface area contributed by atoms with E-state index in [2.05, 4.69) is 18.2 Å². The van der Waals surface area contributed by atoms with Crippen LogP contribution in [0.1, 0.15) is 13.8 Å². The van der Waals surface area contributed by atoms with Gasteiger partial charge in [0.2, 0.25) is 0 Å². The third kappa shape index (κ3) is 3.98. The Labute approximate surface area is 60.7 Å². The van der Waals surface area contributed by atoms with E-state index in [-0.39, 0.29) is 0 Å². The summed E-state index contributed by atoms with van der Waals surface area (Å²) in [5.74, 6) is 0. The van der Waals surface area contributed by atoms with Crippen LogP contribution < -0.4 is 0 Å². The highest BCUT2D eigenvalue weighted by Crippen LogP contribution is 2.02. The lowest BCUT2D eigenvalue weighted by atomic mass is 10.2. The first-order chi connectivity index (χ1) is 4.04. The van der Waals surface area contributed by atoms with Crippen molar-refractivity contribution in [3.8, 4) is 0 Å². The number of nitrogens with zero attached hydrogens (tertiary/aromatic N) is 1. The van der Waals surface area contributed by atoms with Crippen LogP contribution in [0.4, 0.5) is 0 Å². The standard InChI is InChI=1S/C7H10ClN/c1-5(2)6(3)9-7(4)8/h1,4H2,2-3H3/b9-6-. The molecule has 9 heavy (non-hydrogen) atoms. The Morgan fingerprint density at radius 3 is 1.89 bits per heavy atom. The number of rotatable bonds is 2. The zero-order chi connectivity index (χ0) is 7.44. The average Bonchev–Trinajstić information content (AvgIpc) is 1.63.